The van der Waals surface area contributed by atoms with Gasteiger partial charge in [0, 0.05) is 0 Å². The van der Waals surface area contributed by atoms with Crippen molar-refractivity contribution in [1.29, 1.82) is 0 Å². The number of ether oxygens (including phenoxy) is 3. The van der Waals surface area contributed by atoms with Crippen molar-refractivity contribution in [3.05, 3.63) is 36.4 Å². The summed E-state index contributed by atoms with van der Waals surface area (Å²) in [7, 11) is 1.51. The molecule has 0 fully saturated rings. The quantitative estimate of drug-likeness (QED) is 0.168. The Morgan fingerprint density at radius 3 is 2.21 bits per heavy atom. The summed E-state index contributed by atoms with van der Waals surface area (Å²) in [6.07, 6.45) is 13.9. The molecular weight excluding hydrogens is 356 g/mol. The third-order valence-electron chi connectivity index (χ3n) is 4.31. The second kappa shape index (κ2) is 15.7. The fraction of sp³-hybridized carbons (Fsp3) is 0.565. The van der Waals surface area contributed by atoms with Gasteiger partial charge in [-0.3, -0.25) is 9.59 Å². The van der Waals surface area contributed by atoms with Crippen LogP contribution in [0.3, 0.4) is 0 Å². The van der Waals surface area contributed by atoms with Gasteiger partial charge in [0.05, 0.1) is 20.0 Å². The minimum atomic E-state index is -0.490. The number of rotatable bonds is 15. The molecule has 5 heteroatoms. The van der Waals surface area contributed by atoms with Gasteiger partial charge in [-0.15, -0.1) is 0 Å². The van der Waals surface area contributed by atoms with Crippen molar-refractivity contribution in [1.82, 2.24) is 0 Å². The molecule has 156 valence electrons. The summed E-state index contributed by atoms with van der Waals surface area (Å²) in [4.78, 5) is 23.5. The number of para-hydroxylation sites is 2. The number of methoxy groups -OCH3 is 1. The van der Waals surface area contributed by atoms with E-state index in [0.717, 1.165) is 6.42 Å². The first-order valence-electron chi connectivity index (χ1n) is 10.3. The van der Waals surface area contributed by atoms with Crippen LogP contribution in [0.4, 0.5) is 0 Å². The minimum Gasteiger partial charge on any atom is -0.493 e. The van der Waals surface area contributed by atoms with Crippen LogP contribution in [-0.2, 0) is 14.3 Å². The standard InChI is InChI=1S/C23H34O5/c1-3-4-5-6-7-8-9-10-11-14-19-27-22(24)17-18-23(25)28-21-16-13-12-15-20(21)26-2/h11-16H,3-10,17-19H2,1-2H3/b14-11+. The van der Waals surface area contributed by atoms with E-state index in [1.165, 1.54) is 52.1 Å². The summed E-state index contributed by atoms with van der Waals surface area (Å²) in [6, 6.07) is 6.88. The zero-order valence-electron chi connectivity index (χ0n) is 17.3. The second-order valence-corrected chi connectivity index (χ2v) is 6.69. The summed E-state index contributed by atoms with van der Waals surface area (Å²) in [5.41, 5.74) is 0. The average molecular weight is 391 g/mol. The van der Waals surface area contributed by atoms with E-state index < -0.39 is 11.9 Å². The largest absolute Gasteiger partial charge is 0.493 e. The van der Waals surface area contributed by atoms with Gasteiger partial charge in [-0.1, -0.05) is 69.7 Å². The highest BCUT2D eigenvalue weighted by atomic mass is 16.6. The van der Waals surface area contributed by atoms with E-state index >= 15 is 0 Å². The lowest BCUT2D eigenvalue weighted by atomic mass is 10.1. The third-order valence-corrected chi connectivity index (χ3v) is 4.31. The molecule has 0 radical (unpaired) electrons. The highest BCUT2D eigenvalue weighted by Gasteiger charge is 2.12. The van der Waals surface area contributed by atoms with Gasteiger partial charge < -0.3 is 14.2 Å². The predicted octanol–water partition coefficient (Wildman–Crippen LogP) is 5.62. The van der Waals surface area contributed by atoms with Crippen LogP contribution < -0.4 is 9.47 Å². The number of carbonyl (C=O) groups excluding carboxylic acids is 2. The number of unbranched alkanes of at least 4 members (excludes halogenated alkanes) is 7. The van der Waals surface area contributed by atoms with Crippen LogP contribution >= 0.6 is 0 Å². The lowest BCUT2D eigenvalue weighted by Crippen LogP contribution is -2.12. The van der Waals surface area contributed by atoms with Crippen LogP contribution in [0.25, 0.3) is 0 Å². The van der Waals surface area contributed by atoms with Crippen LogP contribution in [0.15, 0.2) is 36.4 Å². The number of carbonyl (C=O) groups is 2. The van der Waals surface area contributed by atoms with Crippen molar-refractivity contribution in [3.63, 3.8) is 0 Å². The van der Waals surface area contributed by atoms with Gasteiger partial charge in [-0.25, -0.2) is 0 Å². The molecule has 28 heavy (non-hydrogen) atoms. The van der Waals surface area contributed by atoms with Gasteiger partial charge in [-0.2, -0.15) is 0 Å². The third kappa shape index (κ3) is 11.4. The molecule has 0 bridgehead atoms. The van der Waals surface area contributed by atoms with Crippen LogP contribution in [0.2, 0.25) is 0 Å². The number of hydrogen-bond donors (Lipinski definition) is 0. The lowest BCUT2D eigenvalue weighted by Gasteiger charge is -2.08. The van der Waals surface area contributed by atoms with Crippen LogP contribution in [-0.4, -0.2) is 25.7 Å². The molecule has 0 saturated heterocycles. The SMILES string of the molecule is CCCCCCCCC/C=C/COC(=O)CCC(=O)Oc1ccccc1OC. The van der Waals surface area contributed by atoms with E-state index in [1.807, 2.05) is 6.08 Å². The zero-order valence-corrected chi connectivity index (χ0v) is 17.3. The Morgan fingerprint density at radius 2 is 1.50 bits per heavy atom. The van der Waals surface area contributed by atoms with E-state index in [-0.39, 0.29) is 19.4 Å². The van der Waals surface area contributed by atoms with Gasteiger partial charge in [0.15, 0.2) is 11.5 Å². The fourth-order valence-corrected chi connectivity index (χ4v) is 2.70. The Kier molecular flexibility index (Phi) is 13.3. The summed E-state index contributed by atoms with van der Waals surface area (Å²) in [5.74, 6) is -0.0744. The second-order valence-electron chi connectivity index (χ2n) is 6.69. The monoisotopic (exact) mass is 390 g/mol. The summed E-state index contributed by atoms with van der Waals surface area (Å²) >= 11 is 0. The number of allylic oxidation sites excluding steroid dienone is 1. The van der Waals surface area contributed by atoms with E-state index in [4.69, 9.17) is 14.2 Å². The van der Waals surface area contributed by atoms with Crippen molar-refractivity contribution in [2.24, 2.45) is 0 Å². The van der Waals surface area contributed by atoms with Gasteiger partial charge in [0.2, 0.25) is 0 Å². The van der Waals surface area contributed by atoms with Gasteiger partial charge in [0.25, 0.3) is 0 Å². The molecule has 1 aromatic rings. The van der Waals surface area contributed by atoms with Crippen molar-refractivity contribution in [2.75, 3.05) is 13.7 Å². The van der Waals surface area contributed by atoms with E-state index in [2.05, 4.69) is 13.0 Å². The lowest BCUT2D eigenvalue weighted by molar-refractivity contribution is -0.146. The smallest absolute Gasteiger partial charge is 0.311 e. The first-order chi connectivity index (χ1) is 13.7. The molecule has 1 rings (SSSR count). The molecule has 0 aliphatic rings. The Labute approximate surface area is 169 Å². The molecule has 0 spiro atoms. The molecular formula is C23H34O5. The van der Waals surface area contributed by atoms with Crippen molar-refractivity contribution < 1.29 is 23.8 Å². The van der Waals surface area contributed by atoms with Gasteiger partial charge in [0.1, 0.15) is 6.61 Å². The topological polar surface area (TPSA) is 61.8 Å². The first-order valence-corrected chi connectivity index (χ1v) is 10.3. The van der Waals surface area contributed by atoms with E-state index in [1.54, 1.807) is 24.3 Å². The maximum Gasteiger partial charge on any atom is 0.311 e. The Morgan fingerprint density at radius 1 is 0.857 bits per heavy atom. The molecule has 0 aliphatic heterocycles. The highest BCUT2D eigenvalue weighted by molar-refractivity contribution is 5.79. The highest BCUT2D eigenvalue weighted by Crippen LogP contribution is 2.26. The van der Waals surface area contributed by atoms with Crippen LogP contribution in [0, 0.1) is 0 Å². The Hall–Kier alpha value is -2.30. The molecule has 0 atom stereocenters. The molecule has 0 unspecified atom stereocenters. The molecule has 1 aromatic carbocycles. The molecule has 0 heterocycles. The van der Waals surface area contributed by atoms with Gasteiger partial charge >= 0.3 is 11.9 Å². The maximum absolute atomic E-state index is 11.8. The maximum atomic E-state index is 11.8. The van der Waals surface area contributed by atoms with E-state index in [9.17, 15) is 9.59 Å². The van der Waals surface area contributed by atoms with Crippen LogP contribution in [0.1, 0.15) is 71.1 Å². The van der Waals surface area contributed by atoms with E-state index in [0.29, 0.717) is 11.5 Å². The van der Waals surface area contributed by atoms with Crippen LogP contribution in [0.5, 0.6) is 11.5 Å². The zero-order chi connectivity index (χ0) is 20.5. The Balaban J connectivity index is 2.06. The minimum absolute atomic E-state index is 0.000414. The molecule has 0 saturated carbocycles. The normalized spacial score (nSPS) is 10.8. The Bertz CT molecular complexity index is 594. The molecule has 0 N–H and O–H groups in total. The molecule has 5 nitrogen and oxygen atoms in total. The number of benzene rings is 1. The fourth-order valence-electron chi connectivity index (χ4n) is 2.70. The number of esters is 2. The van der Waals surface area contributed by atoms with Crippen molar-refractivity contribution >= 4 is 11.9 Å². The molecule has 0 aliphatic carbocycles. The number of hydrogen-bond acceptors (Lipinski definition) is 5. The molecule has 0 amide bonds. The van der Waals surface area contributed by atoms with Crippen molar-refractivity contribution in [2.45, 2.75) is 71.1 Å². The predicted molar refractivity (Wildman–Crippen MR) is 111 cm³/mol. The first kappa shape index (κ1) is 23.7. The van der Waals surface area contributed by atoms with Gasteiger partial charge in [-0.05, 0) is 25.0 Å². The summed E-state index contributed by atoms with van der Waals surface area (Å²) in [5, 5.41) is 0. The molecule has 0 aromatic heterocycles. The summed E-state index contributed by atoms with van der Waals surface area (Å²) in [6.45, 7) is 2.47. The summed E-state index contributed by atoms with van der Waals surface area (Å²) < 4.78 is 15.4. The van der Waals surface area contributed by atoms with Crippen molar-refractivity contribution in [3.8, 4) is 11.5 Å². The average Bonchev–Trinajstić information content (AvgIpc) is 2.71.